The summed E-state index contributed by atoms with van der Waals surface area (Å²) in [5.41, 5.74) is 0.857. The van der Waals surface area contributed by atoms with Crippen molar-refractivity contribution in [1.82, 2.24) is 9.97 Å². The average Bonchev–Trinajstić information content (AvgIpc) is 2.78. The number of benzene rings is 2. The Morgan fingerprint density at radius 1 is 0.875 bits per heavy atom. The Hall–Kier alpha value is -2.02. The number of phenolic OH excluding ortho intramolecular Hbond substituents is 2. The van der Waals surface area contributed by atoms with E-state index in [9.17, 15) is 15.0 Å². The molecule has 172 valence electrons. The second kappa shape index (κ2) is 11.2. The fourth-order valence-corrected chi connectivity index (χ4v) is 20.6. The van der Waals surface area contributed by atoms with Crippen molar-refractivity contribution >= 4 is 32.9 Å². The van der Waals surface area contributed by atoms with Gasteiger partial charge in [0.25, 0.3) is 0 Å². The molecule has 0 aliphatic heterocycles. The number of aromatic amines is 1. The number of nitrogens with one attached hydrogen (secondary N) is 1. The Kier molecular flexibility index (Phi) is 8.63. The second-order valence-corrected chi connectivity index (χ2v) is 22.2. The van der Waals surface area contributed by atoms with E-state index in [-0.39, 0.29) is 17.1 Å². The fraction of sp³-hybridized carbons (Fsp3) is 0.462. The number of hydrogen-bond donors (Lipinski definition) is 3. The molecule has 0 atom stereocenters. The van der Waals surface area contributed by atoms with Gasteiger partial charge in [-0.25, -0.2) is 0 Å². The van der Waals surface area contributed by atoms with E-state index in [0.29, 0.717) is 22.3 Å². The van der Waals surface area contributed by atoms with Gasteiger partial charge >= 0.3 is 195 Å². The number of nitrogens with zero attached hydrogens (tertiary/aromatic N) is 1. The first-order chi connectivity index (χ1) is 15.4. The molecule has 5 nitrogen and oxygen atoms in total. The van der Waals surface area contributed by atoms with Gasteiger partial charge < -0.3 is 0 Å². The van der Waals surface area contributed by atoms with Gasteiger partial charge in [0.1, 0.15) is 0 Å². The molecule has 0 unspecified atom stereocenters. The maximum absolute atomic E-state index is 13.1. The molecule has 3 N–H and O–H groups in total. The van der Waals surface area contributed by atoms with Crippen LogP contribution in [0.2, 0.25) is 13.3 Å². The van der Waals surface area contributed by atoms with Crippen molar-refractivity contribution in [2.75, 3.05) is 0 Å². The molecule has 0 bridgehead atoms. The van der Waals surface area contributed by atoms with Crippen LogP contribution < -0.4 is 9.14 Å². The van der Waals surface area contributed by atoms with Gasteiger partial charge in [-0.1, -0.05) is 0 Å². The van der Waals surface area contributed by atoms with E-state index in [1.807, 2.05) is 6.07 Å². The quantitative estimate of drug-likeness (QED) is 0.257. The monoisotopic (exact) mass is 544 g/mol. The number of fused-ring (bicyclic) bond motifs is 1. The van der Waals surface area contributed by atoms with E-state index >= 15 is 0 Å². The first kappa shape index (κ1) is 24.6. The van der Waals surface area contributed by atoms with E-state index in [0.717, 1.165) is 0 Å². The number of hydrogen-bond acceptors (Lipinski definition) is 4. The predicted molar refractivity (Wildman–Crippen MR) is 136 cm³/mol. The van der Waals surface area contributed by atoms with E-state index in [1.54, 1.807) is 6.07 Å². The Bertz CT molecular complexity index is 1090. The third-order valence-electron chi connectivity index (χ3n) is 6.58. The number of aromatic nitrogens is 2. The Morgan fingerprint density at radius 3 is 2.06 bits per heavy atom. The second-order valence-electron chi connectivity index (χ2n) is 8.94. The van der Waals surface area contributed by atoms with Crippen molar-refractivity contribution in [3.63, 3.8) is 0 Å². The topological polar surface area (TPSA) is 86.2 Å². The van der Waals surface area contributed by atoms with Crippen LogP contribution >= 0.6 is 0 Å². The van der Waals surface area contributed by atoms with Gasteiger partial charge in [-0.3, -0.25) is 0 Å². The average molecular weight is 543 g/mol. The number of H-pyrrole nitrogens is 1. The minimum absolute atomic E-state index is 0.0332. The molecule has 0 aliphatic rings. The van der Waals surface area contributed by atoms with Gasteiger partial charge in [0, 0.05) is 0 Å². The van der Waals surface area contributed by atoms with Crippen molar-refractivity contribution in [1.29, 1.82) is 0 Å². The summed E-state index contributed by atoms with van der Waals surface area (Å²) in [7, 11) is 0. The molecule has 0 aliphatic carbocycles. The van der Waals surface area contributed by atoms with Crippen LogP contribution in [-0.4, -0.2) is 38.6 Å². The molecule has 2 aromatic carbocycles. The molecule has 0 spiro atoms. The van der Waals surface area contributed by atoms with Gasteiger partial charge in [0.05, 0.1) is 0 Å². The number of phenols is 2. The van der Waals surface area contributed by atoms with Crippen LogP contribution in [0.5, 0.6) is 11.5 Å². The van der Waals surface area contributed by atoms with E-state index in [2.05, 4.69) is 42.9 Å². The third kappa shape index (κ3) is 5.48. The van der Waals surface area contributed by atoms with Crippen molar-refractivity contribution in [3.8, 4) is 22.9 Å². The number of rotatable bonds is 11. The van der Waals surface area contributed by atoms with Crippen LogP contribution in [0.25, 0.3) is 22.3 Å². The molecule has 0 amide bonds. The first-order valence-electron chi connectivity index (χ1n) is 12.0. The van der Waals surface area contributed by atoms with Crippen LogP contribution in [0, 0.1) is 0 Å². The summed E-state index contributed by atoms with van der Waals surface area (Å²) in [5, 5.41) is 20.4. The molecule has 6 heteroatoms. The molecular weight excluding hydrogens is 507 g/mol. The molecular formula is C26H36N2O3Sn. The Balaban J connectivity index is 2.09. The summed E-state index contributed by atoms with van der Waals surface area (Å²) in [6.07, 6.45) is 7.46. The van der Waals surface area contributed by atoms with Gasteiger partial charge in [-0.15, -0.1) is 0 Å². The standard InChI is InChI=1S/C14H9N2O3.3C4H9.Sn/c17-8-5-6-10(12(18)7-8)13-15-11-4-2-1-3-9(11)14(19)16-13;3*1-3-4-2;/h2-7,17-18H,(H,15,16,19);3*1,3-4H2,2H3;. The zero-order valence-corrected chi connectivity index (χ0v) is 22.4. The zero-order chi connectivity index (χ0) is 23.1. The van der Waals surface area contributed by atoms with Crippen LogP contribution in [0.15, 0.2) is 41.2 Å². The minimum atomic E-state index is -2.64. The van der Waals surface area contributed by atoms with Crippen molar-refractivity contribution in [3.05, 3.63) is 46.8 Å². The molecule has 1 aromatic heterocycles. The van der Waals surface area contributed by atoms with E-state index in [4.69, 9.17) is 0 Å². The third-order valence-corrected chi connectivity index (χ3v) is 22.2. The van der Waals surface area contributed by atoms with Crippen LogP contribution in [0.4, 0.5) is 0 Å². The van der Waals surface area contributed by atoms with Crippen LogP contribution in [-0.2, 0) is 0 Å². The molecule has 0 saturated carbocycles. The van der Waals surface area contributed by atoms with Gasteiger partial charge in [0.15, 0.2) is 0 Å². The first-order valence-corrected chi connectivity index (χ1v) is 19.5. The van der Waals surface area contributed by atoms with E-state index < -0.39 is 18.4 Å². The summed E-state index contributed by atoms with van der Waals surface area (Å²) >= 11 is -2.64. The molecule has 0 saturated heterocycles. The number of unbranched alkanes of at least 4 members (excludes halogenated alkanes) is 3. The molecule has 3 rings (SSSR count). The van der Waals surface area contributed by atoms with Gasteiger partial charge in [-0.05, 0) is 0 Å². The van der Waals surface area contributed by atoms with E-state index in [1.165, 1.54) is 67.5 Å². The normalized spacial score (nSPS) is 11.8. The number of aromatic hydroxyl groups is 2. The van der Waals surface area contributed by atoms with Crippen molar-refractivity contribution in [2.24, 2.45) is 0 Å². The summed E-state index contributed by atoms with van der Waals surface area (Å²) in [6.45, 7) is 6.81. The molecule has 1 heterocycles. The van der Waals surface area contributed by atoms with Crippen LogP contribution in [0.3, 0.4) is 0 Å². The summed E-state index contributed by atoms with van der Waals surface area (Å²) in [6, 6.07) is 10.7. The SMILES string of the molecule is CCC[CH2][Sn]([CH2]CCC)([CH2]CCC)[c]1ccc2nc(-c3ccc(O)cc3O)[nH]c(=O)c2c1. The van der Waals surface area contributed by atoms with Gasteiger partial charge in [0.2, 0.25) is 0 Å². The molecule has 0 radical (unpaired) electrons. The summed E-state index contributed by atoms with van der Waals surface area (Å²) in [5.74, 6) is 0.164. The molecule has 3 aromatic rings. The van der Waals surface area contributed by atoms with Gasteiger partial charge in [-0.2, -0.15) is 0 Å². The maximum atomic E-state index is 13.1. The van der Waals surface area contributed by atoms with Crippen LogP contribution in [0.1, 0.15) is 59.3 Å². The molecule has 32 heavy (non-hydrogen) atoms. The zero-order valence-electron chi connectivity index (χ0n) is 19.6. The van der Waals surface area contributed by atoms with Crippen molar-refractivity contribution < 1.29 is 10.2 Å². The summed E-state index contributed by atoms with van der Waals surface area (Å²) in [4.78, 5) is 20.6. The predicted octanol–water partition coefficient (Wildman–Crippen LogP) is 6.06. The Labute approximate surface area is 194 Å². The Morgan fingerprint density at radius 2 is 1.50 bits per heavy atom. The van der Waals surface area contributed by atoms with Crippen molar-refractivity contribution in [2.45, 2.75) is 72.6 Å². The fourth-order valence-electron chi connectivity index (χ4n) is 4.67. The summed E-state index contributed by atoms with van der Waals surface area (Å²) < 4.78 is 5.50. The molecule has 0 fully saturated rings.